The number of hydrogen-bond acceptors (Lipinski definition) is 3. The zero-order valence-corrected chi connectivity index (χ0v) is 13.6. The fourth-order valence-corrected chi connectivity index (χ4v) is 2.33. The van der Waals surface area contributed by atoms with E-state index in [1.807, 2.05) is 18.2 Å². The van der Waals surface area contributed by atoms with E-state index in [-0.39, 0.29) is 12.4 Å². The average Bonchev–Trinajstić information content (AvgIpc) is 2.58. The molecule has 0 aromatic heterocycles. The Morgan fingerprint density at radius 1 is 1.21 bits per heavy atom. The van der Waals surface area contributed by atoms with Gasteiger partial charge in [-0.2, -0.15) is 0 Å². The van der Waals surface area contributed by atoms with Gasteiger partial charge in [-0.05, 0) is 29.8 Å². The maximum atomic E-state index is 13.5. The Kier molecular flexibility index (Phi) is 6.57. The fourth-order valence-electron chi connectivity index (χ4n) is 2.33. The second-order valence-electron chi connectivity index (χ2n) is 5.36. The number of rotatable bonds is 9. The van der Waals surface area contributed by atoms with Crippen molar-refractivity contribution in [2.75, 3.05) is 20.3 Å². The number of amides is 1. The highest BCUT2D eigenvalue weighted by molar-refractivity contribution is 5.75. The lowest BCUT2D eigenvalue weighted by atomic mass is 10.1. The molecule has 0 unspecified atom stereocenters. The molecule has 2 aromatic carbocycles. The molecular formula is C18H22FN2O3+. The third-order valence-electron chi connectivity index (χ3n) is 3.55. The van der Waals surface area contributed by atoms with Crippen molar-refractivity contribution in [1.29, 1.82) is 0 Å². The molecule has 1 amide bonds. The Balaban J connectivity index is 1.86. The molecule has 6 heteroatoms. The molecule has 0 atom stereocenters. The molecule has 0 aliphatic carbocycles. The van der Waals surface area contributed by atoms with E-state index in [1.165, 1.54) is 13.2 Å². The van der Waals surface area contributed by atoms with Gasteiger partial charge in [0.1, 0.15) is 12.4 Å². The normalized spacial score (nSPS) is 10.4. The van der Waals surface area contributed by atoms with Gasteiger partial charge in [0.15, 0.2) is 18.1 Å². The summed E-state index contributed by atoms with van der Waals surface area (Å²) < 4.78 is 24.1. The van der Waals surface area contributed by atoms with Gasteiger partial charge in [-0.3, -0.25) is 4.79 Å². The second-order valence-corrected chi connectivity index (χ2v) is 5.36. The molecule has 2 rings (SSSR count). The third-order valence-corrected chi connectivity index (χ3v) is 3.55. The number of carbonyl (C=O) groups is 1. The predicted molar refractivity (Wildman–Crippen MR) is 88.3 cm³/mol. The molecule has 0 heterocycles. The van der Waals surface area contributed by atoms with Gasteiger partial charge in [0.2, 0.25) is 0 Å². The first-order valence-corrected chi connectivity index (χ1v) is 7.73. The number of hydrogen-bond donors (Lipinski definition) is 2. The average molecular weight is 333 g/mol. The topological polar surface area (TPSA) is 78.2 Å². The summed E-state index contributed by atoms with van der Waals surface area (Å²) in [6.45, 7) is 1.33. The molecule has 0 saturated carbocycles. The van der Waals surface area contributed by atoms with E-state index in [1.54, 1.807) is 18.2 Å². The maximum Gasteiger partial charge on any atom is 0.255 e. The van der Waals surface area contributed by atoms with Crippen molar-refractivity contribution in [3.8, 4) is 11.5 Å². The van der Waals surface area contributed by atoms with Crippen LogP contribution in [0.2, 0.25) is 0 Å². The zero-order valence-electron chi connectivity index (χ0n) is 13.6. The molecule has 24 heavy (non-hydrogen) atoms. The molecule has 0 aliphatic heterocycles. The quantitative estimate of drug-likeness (QED) is 0.672. The second kappa shape index (κ2) is 8.88. The minimum absolute atomic E-state index is 0.163. The van der Waals surface area contributed by atoms with Crippen molar-refractivity contribution >= 4 is 5.91 Å². The molecule has 0 fully saturated rings. The van der Waals surface area contributed by atoms with Crippen molar-refractivity contribution in [2.24, 2.45) is 5.73 Å². The number of quaternary nitrogens is 1. The van der Waals surface area contributed by atoms with E-state index in [2.05, 4.69) is 5.32 Å². The summed E-state index contributed by atoms with van der Waals surface area (Å²) in [6.07, 6.45) is 0.670. The largest absolute Gasteiger partial charge is 0.493 e. The molecule has 0 spiro atoms. The van der Waals surface area contributed by atoms with Crippen molar-refractivity contribution in [2.45, 2.75) is 13.0 Å². The summed E-state index contributed by atoms with van der Waals surface area (Å²) in [6, 6.07) is 12.3. The monoisotopic (exact) mass is 333 g/mol. The van der Waals surface area contributed by atoms with Crippen LogP contribution in [0.1, 0.15) is 11.1 Å². The summed E-state index contributed by atoms with van der Waals surface area (Å²) in [5.41, 5.74) is 6.84. The van der Waals surface area contributed by atoms with E-state index < -0.39 is 5.91 Å². The van der Waals surface area contributed by atoms with Gasteiger partial charge < -0.3 is 20.5 Å². The van der Waals surface area contributed by atoms with Crippen molar-refractivity contribution < 1.29 is 24.0 Å². The summed E-state index contributed by atoms with van der Waals surface area (Å²) in [5, 5.41) is 2.10. The Hall–Kier alpha value is -2.60. The Morgan fingerprint density at radius 3 is 2.71 bits per heavy atom. The molecule has 5 nitrogen and oxygen atoms in total. The number of halogens is 1. The smallest absolute Gasteiger partial charge is 0.255 e. The van der Waals surface area contributed by atoms with Gasteiger partial charge in [0.05, 0.1) is 13.7 Å². The number of nitrogens with two attached hydrogens (primary N) is 2. The first-order chi connectivity index (χ1) is 11.6. The highest BCUT2D eigenvalue weighted by Crippen LogP contribution is 2.27. The highest BCUT2D eigenvalue weighted by Gasteiger charge is 2.08. The van der Waals surface area contributed by atoms with Crippen LogP contribution in [-0.4, -0.2) is 26.2 Å². The standard InChI is InChI=1S/C18H21FN2O3/c1-23-17-10-13(6-7-16(17)24-12-18(20)22)11-21-9-8-14-4-2-3-5-15(14)19/h2-7,10,21H,8-9,11-12H2,1H3,(H2,20,22)/p+1. The van der Waals surface area contributed by atoms with E-state index in [0.717, 1.165) is 24.2 Å². The van der Waals surface area contributed by atoms with Crippen molar-refractivity contribution in [1.82, 2.24) is 0 Å². The van der Waals surface area contributed by atoms with Crippen LogP contribution in [0, 0.1) is 5.82 Å². The molecule has 0 saturated heterocycles. The van der Waals surface area contributed by atoms with Crippen LogP contribution in [0.3, 0.4) is 0 Å². The van der Waals surface area contributed by atoms with E-state index >= 15 is 0 Å². The number of ether oxygens (including phenoxy) is 2. The van der Waals surface area contributed by atoms with Crippen LogP contribution in [0.4, 0.5) is 4.39 Å². The molecule has 0 bridgehead atoms. The lowest BCUT2D eigenvalue weighted by Gasteiger charge is -2.11. The summed E-state index contributed by atoms with van der Waals surface area (Å²) in [5.74, 6) is 0.328. The number of benzene rings is 2. The number of methoxy groups -OCH3 is 1. The van der Waals surface area contributed by atoms with Gasteiger partial charge >= 0.3 is 0 Å². The van der Waals surface area contributed by atoms with E-state index in [4.69, 9.17) is 15.2 Å². The van der Waals surface area contributed by atoms with Crippen molar-refractivity contribution in [3.05, 3.63) is 59.4 Å². The van der Waals surface area contributed by atoms with E-state index in [9.17, 15) is 9.18 Å². The molecule has 0 aliphatic rings. The van der Waals surface area contributed by atoms with Gasteiger partial charge in [0.25, 0.3) is 5.91 Å². The molecule has 0 radical (unpaired) electrons. The lowest BCUT2D eigenvalue weighted by Crippen LogP contribution is -2.83. The number of primary amides is 1. The minimum atomic E-state index is -0.539. The van der Waals surface area contributed by atoms with Gasteiger partial charge in [-0.1, -0.05) is 18.2 Å². The van der Waals surface area contributed by atoms with Gasteiger partial charge in [-0.15, -0.1) is 0 Å². The Morgan fingerprint density at radius 2 is 2.00 bits per heavy atom. The molecular weight excluding hydrogens is 311 g/mol. The van der Waals surface area contributed by atoms with Crippen LogP contribution in [0.25, 0.3) is 0 Å². The Bertz CT molecular complexity index is 692. The Labute approximate surface area is 140 Å². The molecule has 2 aromatic rings. The summed E-state index contributed by atoms with van der Waals surface area (Å²) >= 11 is 0. The van der Waals surface area contributed by atoms with Gasteiger partial charge in [-0.25, -0.2) is 4.39 Å². The van der Waals surface area contributed by atoms with Crippen molar-refractivity contribution in [3.63, 3.8) is 0 Å². The van der Waals surface area contributed by atoms with Crippen LogP contribution < -0.4 is 20.5 Å². The fraction of sp³-hybridized carbons (Fsp3) is 0.278. The maximum absolute atomic E-state index is 13.5. The van der Waals surface area contributed by atoms with E-state index in [0.29, 0.717) is 17.9 Å². The summed E-state index contributed by atoms with van der Waals surface area (Å²) in [7, 11) is 1.54. The lowest BCUT2D eigenvalue weighted by molar-refractivity contribution is -0.670. The van der Waals surface area contributed by atoms with Gasteiger partial charge in [0, 0.05) is 12.0 Å². The number of carbonyl (C=O) groups excluding carboxylic acids is 1. The molecule has 128 valence electrons. The van der Waals surface area contributed by atoms with Crippen LogP contribution >= 0.6 is 0 Å². The first-order valence-electron chi connectivity index (χ1n) is 7.73. The van der Waals surface area contributed by atoms with Crippen LogP contribution in [0.5, 0.6) is 11.5 Å². The third kappa shape index (κ3) is 5.24. The SMILES string of the molecule is COc1cc(C[NH2+]CCc2ccccc2F)ccc1OCC(N)=O. The highest BCUT2D eigenvalue weighted by atomic mass is 19.1. The van der Waals surface area contributed by atoms with Crippen LogP contribution in [0.15, 0.2) is 42.5 Å². The molecule has 4 N–H and O–H groups in total. The predicted octanol–water partition coefficient (Wildman–Crippen LogP) is 1.00. The zero-order chi connectivity index (χ0) is 17.4. The minimum Gasteiger partial charge on any atom is -0.493 e. The summed E-state index contributed by atoms with van der Waals surface area (Å²) in [4.78, 5) is 10.8. The van der Waals surface area contributed by atoms with Crippen LogP contribution in [-0.2, 0) is 17.8 Å². The first kappa shape index (κ1) is 17.7.